The van der Waals surface area contributed by atoms with Crippen LogP contribution in [0.4, 0.5) is 0 Å². The number of benzene rings is 1. The minimum Gasteiger partial charge on any atom is -0.452 e. The van der Waals surface area contributed by atoms with Gasteiger partial charge in [-0.3, -0.25) is 9.59 Å². The fourth-order valence-electron chi connectivity index (χ4n) is 4.78. The van der Waals surface area contributed by atoms with Gasteiger partial charge in [-0.2, -0.15) is 0 Å². The third-order valence-electron chi connectivity index (χ3n) is 6.62. The highest BCUT2D eigenvalue weighted by Crippen LogP contribution is 2.26. The molecule has 2 atom stereocenters. The molecule has 3 rings (SSSR count). The van der Waals surface area contributed by atoms with Crippen molar-refractivity contribution in [2.45, 2.75) is 82.2 Å². The van der Waals surface area contributed by atoms with E-state index in [0.29, 0.717) is 22.3 Å². The van der Waals surface area contributed by atoms with Gasteiger partial charge in [0.05, 0.1) is 11.3 Å². The fraction of sp³-hybridized carbons (Fsp3) is 0.640. The maximum Gasteiger partial charge on any atom is 0.339 e. The molecule has 176 valence electrons. The molecule has 0 radical (unpaired) electrons. The van der Waals surface area contributed by atoms with E-state index in [4.69, 9.17) is 4.74 Å². The zero-order valence-electron chi connectivity index (χ0n) is 19.4. The molecule has 2 fully saturated rings. The van der Waals surface area contributed by atoms with Crippen molar-refractivity contribution in [2.24, 2.45) is 0 Å². The first-order valence-corrected chi connectivity index (χ1v) is 13.0. The predicted molar refractivity (Wildman–Crippen MR) is 127 cm³/mol. The summed E-state index contributed by atoms with van der Waals surface area (Å²) in [6, 6.07) is 7.73. The Hall–Kier alpha value is -2.02. The summed E-state index contributed by atoms with van der Waals surface area (Å²) in [5.41, 5.74) is 0.412. The summed E-state index contributed by atoms with van der Waals surface area (Å²) in [6.07, 6.45) is 8.35. The maximum absolute atomic E-state index is 12.8. The Balaban J connectivity index is 1.56. The largest absolute Gasteiger partial charge is 0.452 e. The highest BCUT2D eigenvalue weighted by atomic mass is 32.2. The van der Waals surface area contributed by atoms with Crippen molar-refractivity contribution in [3.63, 3.8) is 0 Å². The molecule has 1 aromatic carbocycles. The van der Waals surface area contributed by atoms with Crippen LogP contribution in [0.15, 0.2) is 29.2 Å². The number of rotatable bonds is 8. The second-order valence-electron chi connectivity index (χ2n) is 8.65. The number of ether oxygens (including phenoxy) is 1. The van der Waals surface area contributed by atoms with Crippen LogP contribution in [0.1, 0.15) is 75.6 Å². The molecule has 2 aliphatic heterocycles. The first-order valence-electron chi connectivity index (χ1n) is 12.0. The molecule has 1 aromatic rings. The number of hydrogen-bond acceptors (Lipinski definition) is 5. The summed E-state index contributed by atoms with van der Waals surface area (Å²) >= 11 is 1.37. The number of nitrogens with zero attached hydrogens (tertiary/aromatic N) is 2. The SMILES string of the molecule is CCC1CCCCN1C(=O)COC(=O)c1ccccc1SCC(=O)N1CCCCC1CC. The molecule has 6 nitrogen and oxygen atoms in total. The Labute approximate surface area is 196 Å². The molecular formula is C25H36N2O4S. The fourth-order valence-corrected chi connectivity index (χ4v) is 5.70. The minimum atomic E-state index is -0.511. The van der Waals surface area contributed by atoms with Crippen LogP contribution >= 0.6 is 11.8 Å². The van der Waals surface area contributed by atoms with Gasteiger partial charge in [0.2, 0.25) is 5.91 Å². The van der Waals surface area contributed by atoms with Gasteiger partial charge >= 0.3 is 5.97 Å². The first-order chi connectivity index (χ1) is 15.5. The Bertz CT molecular complexity index is 800. The lowest BCUT2D eigenvalue weighted by molar-refractivity contribution is -0.138. The maximum atomic E-state index is 12.8. The van der Waals surface area contributed by atoms with Gasteiger partial charge in [0.15, 0.2) is 6.61 Å². The van der Waals surface area contributed by atoms with E-state index in [9.17, 15) is 14.4 Å². The monoisotopic (exact) mass is 460 g/mol. The van der Waals surface area contributed by atoms with Crippen LogP contribution in [0.3, 0.4) is 0 Å². The molecule has 0 N–H and O–H groups in total. The van der Waals surface area contributed by atoms with Crippen LogP contribution in [-0.2, 0) is 14.3 Å². The molecule has 2 unspecified atom stereocenters. The highest BCUT2D eigenvalue weighted by Gasteiger charge is 2.27. The van der Waals surface area contributed by atoms with Crippen LogP contribution in [0, 0.1) is 0 Å². The molecule has 2 heterocycles. The van der Waals surface area contributed by atoms with Gasteiger partial charge in [-0.1, -0.05) is 26.0 Å². The molecule has 0 saturated carbocycles. The molecule has 0 aromatic heterocycles. The van der Waals surface area contributed by atoms with Gasteiger partial charge in [-0.05, 0) is 63.5 Å². The van der Waals surface area contributed by atoms with Gasteiger partial charge in [0.1, 0.15) is 0 Å². The number of amides is 2. The molecule has 7 heteroatoms. The highest BCUT2D eigenvalue weighted by molar-refractivity contribution is 8.00. The molecule has 2 saturated heterocycles. The molecule has 2 amide bonds. The van der Waals surface area contributed by atoms with Crippen LogP contribution in [-0.4, -0.2) is 65.1 Å². The van der Waals surface area contributed by atoms with Crippen molar-refractivity contribution < 1.29 is 19.1 Å². The lowest BCUT2D eigenvalue weighted by Gasteiger charge is -2.35. The van der Waals surface area contributed by atoms with Crippen molar-refractivity contribution in [3.05, 3.63) is 29.8 Å². The first kappa shape index (κ1) is 24.6. The summed E-state index contributed by atoms with van der Waals surface area (Å²) in [4.78, 5) is 42.8. The number of carbonyl (C=O) groups is 3. The van der Waals surface area contributed by atoms with Crippen molar-refractivity contribution in [1.29, 1.82) is 0 Å². The van der Waals surface area contributed by atoms with Gasteiger partial charge < -0.3 is 14.5 Å². The van der Waals surface area contributed by atoms with Gasteiger partial charge in [0, 0.05) is 30.1 Å². The molecule has 2 aliphatic rings. The van der Waals surface area contributed by atoms with E-state index in [1.807, 2.05) is 21.9 Å². The zero-order valence-corrected chi connectivity index (χ0v) is 20.2. The van der Waals surface area contributed by atoms with E-state index in [1.165, 1.54) is 18.2 Å². The summed E-state index contributed by atoms with van der Waals surface area (Å²) < 4.78 is 5.40. The summed E-state index contributed by atoms with van der Waals surface area (Å²) in [5.74, 6) is -0.217. The van der Waals surface area contributed by atoms with Gasteiger partial charge in [-0.25, -0.2) is 4.79 Å². The smallest absolute Gasteiger partial charge is 0.339 e. The topological polar surface area (TPSA) is 66.9 Å². The summed E-state index contributed by atoms with van der Waals surface area (Å²) in [7, 11) is 0. The molecular weight excluding hydrogens is 424 g/mol. The molecule has 32 heavy (non-hydrogen) atoms. The van der Waals surface area contributed by atoms with E-state index in [2.05, 4.69) is 13.8 Å². The van der Waals surface area contributed by atoms with Crippen LogP contribution in [0.5, 0.6) is 0 Å². The number of hydrogen-bond donors (Lipinski definition) is 0. The van der Waals surface area contributed by atoms with E-state index >= 15 is 0 Å². The number of carbonyl (C=O) groups excluding carboxylic acids is 3. The van der Waals surface area contributed by atoms with Crippen molar-refractivity contribution in [2.75, 3.05) is 25.4 Å². The van der Waals surface area contributed by atoms with E-state index in [0.717, 1.165) is 58.0 Å². The second-order valence-corrected chi connectivity index (χ2v) is 9.67. The standard InChI is InChI=1S/C25H36N2O4S/c1-3-19-11-7-9-15-26(19)23(28)17-31-25(30)21-13-5-6-14-22(21)32-18-24(29)27-16-10-8-12-20(27)4-2/h5-6,13-14,19-20H,3-4,7-12,15-18H2,1-2H3. The lowest BCUT2D eigenvalue weighted by atomic mass is 10.00. The summed E-state index contributed by atoms with van der Waals surface area (Å²) in [5, 5.41) is 0. The molecule has 0 bridgehead atoms. The van der Waals surface area contributed by atoms with Crippen molar-refractivity contribution in [3.8, 4) is 0 Å². The third kappa shape index (κ3) is 6.27. The average Bonchev–Trinajstić information content (AvgIpc) is 2.85. The van der Waals surface area contributed by atoms with E-state index in [-0.39, 0.29) is 24.5 Å². The Morgan fingerprint density at radius 3 is 2.12 bits per heavy atom. The normalized spacial score (nSPS) is 21.3. The third-order valence-corrected chi connectivity index (χ3v) is 7.68. The summed E-state index contributed by atoms with van der Waals surface area (Å²) in [6.45, 7) is 5.53. The number of likely N-dealkylation sites (tertiary alicyclic amines) is 2. The van der Waals surface area contributed by atoms with E-state index in [1.54, 1.807) is 12.1 Å². The Morgan fingerprint density at radius 1 is 0.906 bits per heavy atom. The van der Waals surface area contributed by atoms with Crippen LogP contribution < -0.4 is 0 Å². The molecule has 0 spiro atoms. The zero-order chi connectivity index (χ0) is 22.9. The molecule has 0 aliphatic carbocycles. The second kappa shape index (κ2) is 12.3. The average molecular weight is 461 g/mol. The Kier molecular flexibility index (Phi) is 9.45. The van der Waals surface area contributed by atoms with Crippen LogP contribution in [0.2, 0.25) is 0 Å². The number of thioether (sulfide) groups is 1. The number of piperidine rings is 2. The quantitative estimate of drug-likeness (QED) is 0.422. The minimum absolute atomic E-state index is 0.121. The van der Waals surface area contributed by atoms with Gasteiger partial charge in [-0.15, -0.1) is 11.8 Å². The Morgan fingerprint density at radius 2 is 1.50 bits per heavy atom. The van der Waals surface area contributed by atoms with Crippen molar-refractivity contribution in [1.82, 2.24) is 9.80 Å². The number of esters is 1. The lowest BCUT2D eigenvalue weighted by Crippen LogP contribution is -2.45. The van der Waals surface area contributed by atoms with E-state index < -0.39 is 5.97 Å². The van der Waals surface area contributed by atoms with Crippen molar-refractivity contribution >= 4 is 29.5 Å². The van der Waals surface area contributed by atoms with Gasteiger partial charge in [0.25, 0.3) is 5.91 Å². The van der Waals surface area contributed by atoms with Crippen LogP contribution in [0.25, 0.3) is 0 Å². The predicted octanol–water partition coefficient (Wildman–Crippen LogP) is 4.52.